The summed E-state index contributed by atoms with van der Waals surface area (Å²) >= 11 is 0.986. The van der Waals surface area contributed by atoms with Gasteiger partial charge < -0.3 is 15.2 Å². The van der Waals surface area contributed by atoms with Gasteiger partial charge in [0.05, 0.1) is 18.6 Å². The summed E-state index contributed by atoms with van der Waals surface area (Å²) in [6.07, 6.45) is 0. The number of nitrogens with zero attached hydrogens (tertiary/aromatic N) is 3. The van der Waals surface area contributed by atoms with Crippen LogP contribution in [0, 0.1) is 6.92 Å². The number of aliphatic imine (C=N–C) groups is 1. The molecule has 1 amide bonds. The zero-order valence-corrected chi connectivity index (χ0v) is 19.5. The van der Waals surface area contributed by atoms with Crippen molar-refractivity contribution in [1.82, 2.24) is 9.13 Å². The van der Waals surface area contributed by atoms with Crippen LogP contribution in [0.3, 0.4) is 0 Å². The molecule has 2 aromatic carbocycles. The summed E-state index contributed by atoms with van der Waals surface area (Å²) in [5.74, 6) is -0.265. The molecule has 172 valence electrons. The van der Waals surface area contributed by atoms with Gasteiger partial charge in [-0.3, -0.25) is 18.7 Å². The van der Waals surface area contributed by atoms with Crippen LogP contribution in [-0.4, -0.2) is 38.1 Å². The maximum atomic E-state index is 12.8. The van der Waals surface area contributed by atoms with E-state index in [-0.39, 0.29) is 22.3 Å². The average Bonchev–Trinajstić information content (AvgIpc) is 2.80. The maximum absolute atomic E-state index is 12.8. The van der Waals surface area contributed by atoms with E-state index in [1.54, 1.807) is 37.4 Å². The second-order valence-electron chi connectivity index (χ2n) is 7.23. The number of amides is 1. The molecular weight excluding hydrogens is 444 g/mol. The molecule has 0 fully saturated rings. The number of ether oxygens (including phenoxy) is 1. The average molecular weight is 469 g/mol. The highest BCUT2D eigenvalue weighted by atomic mass is 32.2. The van der Waals surface area contributed by atoms with E-state index in [0.717, 1.165) is 26.5 Å². The van der Waals surface area contributed by atoms with E-state index < -0.39 is 17.1 Å². The normalized spacial score (nSPS) is 11.3. The van der Waals surface area contributed by atoms with Gasteiger partial charge in [0.1, 0.15) is 16.4 Å². The second kappa shape index (κ2) is 10.2. The van der Waals surface area contributed by atoms with Crippen molar-refractivity contribution >= 4 is 34.1 Å². The smallest absolute Gasteiger partial charge is 0.333 e. The Labute approximate surface area is 194 Å². The number of anilines is 1. The van der Waals surface area contributed by atoms with E-state index in [9.17, 15) is 19.5 Å². The predicted octanol–water partition coefficient (Wildman–Crippen LogP) is 2.56. The van der Waals surface area contributed by atoms with Gasteiger partial charge in [0.15, 0.2) is 0 Å². The lowest BCUT2D eigenvalue weighted by Crippen LogP contribution is -2.39. The monoisotopic (exact) mass is 468 g/mol. The highest BCUT2D eigenvalue weighted by Crippen LogP contribution is 2.24. The lowest BCUT2D eigenvalue weighted by Gasteiger charge is -2.13. The summed E-state index contributed by atoms with van der Waals surface area (Å²) in [7, 11) is 4.23. The van der Waals surface area contributed by atoms with Gasteiger partial charge in [-0.1, -0.05) is 23.9 Å². The Morgan fingerprint density at radius 1 is 1.12 bits per heavy atom. The van der Waals surface area contributed by atoms with Crippen molar-refractivity contribution in [3.63, 3.8) is 0 Å². The molecule has 0 unspecified atom stereocenters. The number of thioether (sulfide) groups is 1. The fourth-order valence-electron chi connectivity index (χ4n) is 3.00. The molecule has 10 heteroatoms. The second-order valence-corrected chi connectivity index (χ2v) is 8.19. The third-order valence-corrected chi connectivity index (χ3v) is 5.77. The number of carbonyl (C=O) groups is 1. The van der Waals surface area contributed by atoms with Crippen molar-refractivity contribution < 1.29 is 14.6 Å². The topological polar surface area (TPSA) is 115 Å². The van der Waals surface area contributed by atoms with E-state index in [2.05, 4.69) is 10.3 Å². The number of benzene rings is 2. The summed E-state index contributed by atoms with van der Waals surface area (Å²) in [6, 6.07) is 14.1. The number of hydrogen-bond acceptors (Lipinski definition) is 7. The predicted molar refractivity (Wildman–Crippen MR) is 130 cm³/mol. The van der Waals surface area contributed by atoms with Gasteiger partial charge in [0.2, 0.25) is 11.8 Å². The molecule has 1 heterocycles. The first-order valence-electron chi connectivity index (χ1n) is 9.92. The number of aromatic nitrogens is 2. The van der Waals surface area contributed by atoms with Crippen LogP contribution in [0.1, 0.15) is 11.1 Å². The number of aryl methyl sites for hydroxylation is 1. The van der Waals surface area contributed by atoms with E-state index >= 15 is 0 Å². The number of rotatable bonds is 6. The molecular formula is C23H24N4O5S. The Balaban J connectivity index is 1.94. The fraction of sp³-hybridized carbons (Fsp3) is 0.217. The molecule has 0 saturated carbocycles. The van der Waals surface area contributed by atoms with Gasteiger partial charge in [0, 0.05) is 19.8 Å². The quantitative estimate of drug-likeness (QED) is 0.424. The van der Waals surface area contributed by atoms with Gasteiger partial charge in [-0.25, -0.2) is 9.79 Å². The number of hydrogen-bond donors (Lipinski definition) is 2. The number of carbonyl (C=O) groups excluding carboxylic acids is 1. The van der Waals surface area contributed by atoms with Crippen molar-refractivity contribution in [3.8, 4) is 11.6 Å². The molecule has 3 rings (SSSR count). The summed E-state index contributed by atoms with van der Waals surface area (Å²) in [5, 5.41) is 13.5. The number of aromatic hydroxyl groups is 1. The van der Waals surface area contributed by atoms with Gasteiger partial charge in [-0.2, -0.15) is 0 Å². The zero-order chi connectivity index (χ0) is 24.1. The molecule has 9 nitrogen and oxygen atoms in total. The van der Waals surface area contributed by atoms with Crippen molar-refractivity contribution in [3.05, 3.63) is 80.5 Å². The molecule has 0 aliphatic rings. The van der Waals surface area contributed by atoms with Gasteiger partial charge >= 0.3 is 5.69 Å². The van der Waals surface area contributed by atoms with E-state index in [1.165, 1.54) is 14.1 Å². The minimum absolute atomic E-state index is 0.0812. The third-order valence-electron chi connectivity index (χ3n) is 4.79. The molecule has 33 heavy (non-hydrogen) atoms. The zero-order valence-electron chi connectivity index (χ0n) is 18.7. The Hall–Kier alpha value is -3.79. The first-order chi connectivity index (χ1) is 15.7. The summed E-state index contributed by atoms with van der Waals surface area (Å²) in [4.78, 5) is 42.1. The van der Waals surface area contributed by atoms with Gasteiger partial charge in [-0.05, 0) is 48.9 Å². The SMILES string of the molecule is COc1ccc(NC(=O)CSC(=Nc2cccc(C)c2)c2c(O)n(C)c(=O)n(C)c2=O)cc1. The van der Waals surface area contributed by atoms with Crippen molar-refractivity contribution in [2.24, 2.45) is 19.1 Å². The molecule has 0 saturated heterocycles. The summed E-state index contributed by atoms with van der Waals surface area (Å²) in [5.41, 5.74) is 0.560. The maximum Gasteiger partial charge on any atom is 0.333 e. The molecule has 0 bridgehead atoms. The molecule has 0 radical (unpaired) electrons. The van der Waals surface area contributed by atoms with E-state index in [4.69, 9.17) is 4.74 Å². The van der Waals surface area contributed by atoms with Crippen LogP contribution in [0.2, 0.25) is 0 Å². The van der Waals surface area contributed by atoms with Crippen LogP contribution >= 0.6 is 11.8 Å². The van der Waals surface area contributed by atoms with Crippen LogP contribution < -0.4 is 21.3 Å². The van der Waals surface area contributed by atoms with Gasteiger partial charge in [-0.15, -0.1) is 0 Å². The lowest BCUT2D eigenvalue weighted by molar-refractivity contribution is -0.113. The van der Waals surface area contributed by atoms with Crippen LogP contribution in [0.15, 0.2) is 63.1 Å². The number of nitrogens with one attached hydrogen (secondary N) is 1. The van der Waals surface area contributed by atoms with Crippen molar-refractivity contribution in [2.75, 3.05) is 18.2 Å². The highest BCUT2D eigenvalue weighted by molar-refractivity contribution is 8.15. The molecule has 0 aliphatic heterocycles. The van der Waals surface area contributed by atoms with Crippen LogP contribution in [0.25, 0.3) is 0 Å². The van der Waals surface area contributed by atoms with Crippen molar-refractivity contribution in [2.45, 2.75) is 6.92 Å². The lowest BCUT2D eigenvalue weighted by atomic mass is 10.2. The van der Waals surface area contributed by atoms with Crippen LogP contribution in [0.4, 0.5) is 11.4 Å². The standard InChI is InChI=1S/C23H24N4O5S/c1-14-6-5-7-16(12-14)25-20(19-21(29)26(2)23(31)27(3)22(19)30)33-13-18(28)24-15-8-10-17(32-4)11-9-15/h5-12,29H,13H2,1-4H3,(H,24,28). The fourth-order valence-corrected chi connectivity index (χ4v) is 3.83. The van der Waals surface area contributed by atoms with Crippen LogP contribution in [0.5, 0.6) is 11.6 Å². The van der Waals surface area contributed by atoms with E-state index in [1.807, 2.05) is 25.1 Å². The van der Waals surface area contributed by atoms with Gasteiger partial charge in [0.25, 0.3) is 5.56 Å². The Bertz CT molecular complexity index is 1330. The molecule has 2 N–H and O–H groups in total. The third kappa shape index (κ3) is 5.53. The Kier molecular flexibility index (Phi) is 7.39. The van der Waals surface area contributed by atoms with Crippen molar-refractivity contribution in [1.29, 1.82) is 0 Å². The summed E-state index contributed by atoms with van der Waals surface area (Å²) < 4.78 is 6.95. The number of methoxy groups -OCH3 is 1. The first kappa shape index (κ1) is 23.9. The molecule has 1 aromatic heterocycles. The summed E-state index contributed by atoms with van der Waals surface area (Å²) in [6.45, 7) is 1.90. The molecule has 3 aromatic rings. The minimum Gasteiger partial charge on any atom is -0.497 e. The highest BCUT2D eigenvalue weighted by Gasteiger charge is 2.22. The molecule has 0 spiro atoms. The minimum atomic E-state index is -0.704. The van der Waals surface area contributed by atoms with Crippen LogP contribution in [-0.2, 0) is 18.9 Å². The Morgan fingerprint density at radius 3 is 2.45 bits per heavy atom. The van der Waals surface area contributed by atoms with E-state index in [0.29, 0.717) is 17.1 Å². The molecule has 0 aliphatic carbocycles. The Morgan fingerprint density at radius 2 is 1.82 bits per heavy atom. The molecule has 0 atom stereocenters. The largest absolute Gasteiger partial charge is 0.497 e. The first-order valence-corrected chi connectivity index (χ1v) is 10.9.